The molecule has 5 heteroatoms. The van der Waals surface area contributed by atoms with Gasteiger partial charge < -0.3 is 14.8 Å². The molecule has 0 spiro atoms. The van der Waals surface area contributed by atoms with Crippen molar-refractivity contribution in [2.24, 2.45) is 0 Å². The SMILES string of the molecule is CNC1(C(=O)OC)CCC(Oc2ccc(F)cc2)C1. The number of carbonyl (C=O) groups is 1. The molecule has 1 aromatic rings. The molecule has 0 aromatic heterocycles. The Morgan fingerprint density at radius 3 is 2.68 bits per heavy atom. The fourth-order valence-electron chi connectivity index (χ4n) is 2.52. The topological polar surface area (TPSA) is 47.6 Å². The van der Waals surface area contributed by atoms with Crippen molar-refractivity contribution < 1.29 is 18.7 Å². The first-order chi connectivity index (χ1) is 9.09. The summed E-state index contributed by atoms with van der Waals surface area (Å²) in [6.07, 6.45) is 1.90. The van der Waals surface area contributed by atoms with Crippen LogP contribution in [0.3, 0.4) is 0 Å². The van der Waals surface area contributed by atoms with Gasteiger partial charge in [0, 0.05) is 6.42 Å². The number of carbonyl (C=O) groups excluding carboxylic acids is 1. The summed E-state index contributed by atoms with van der Waals surface area (Å²) in [4.78, 5) is 11.8. The van der Waals surface area contributed by atoms with Gasteiger partial charge in [-0.3, -0.25) is 4.79 Å². The molecule has 0 heterocycles. The number of nitrogens with one attached hydrogen (secondary N) is 1. The second kappa shape index (κ2) is 5.57. The van der Waals surface area contributed by atoms with E-state index in [1.54, 1.807) is 19.2 Å². The van der Waals surface area contributed by atoms with E-state index >= 15 is 0 Å². The van der Waals surface area contributed by atoms with E-state index in [1.807, 2.05) is 0 Å². The van der Waals surface area contributed by atoms with Crippen molar-refractivity contribution in [1.82, 2.24) is 5.32 Å². The Morgan fingerprint density at radius 2 is 2.11 bits per heavy atom. The third kappa shape index (κ3) is 2.87. The molecule has 1 aliphatic rings. The summed E-state index contributed by atoms with van der Waals surface area (Å²) in [6, 6.07) is 5.89. The van der Waals surface area contributed by atoms with Gasteiger partial charge in [-0.1, -0.05) is 0 Å². The highest BCUT2D eigenvalue weighted by atomic mass is 19.1. The lowest BCUT2D eigenvalue weighted by Gasteiger charge is -2.25. The van der Waals surface area contributed by atoms with Crippen molar-refractivity contribution in [1.29, 1.82) is 0 Å². The minimum absolute atomic E-state index is 0.0722. The fraction of sp³-hybridized carbons (Fsp3) is 0.500. The van der Waals surface area contributed by atoms with Crippen molar-refractivity contribution in [3.63, 3.8) is 0 Å². The van der Waals surface area contributed by atoms with Gasteiger partial charge in [0.2, 0.25) is 0 Å². The van der Waals surface area contributed by atoms with Gasteiger partial charge >= 0.3 is 5.97 Å². The Morgan fingerprint density at radius 1 is 1.42 bits per heavy atom. The molecular weight excluding hydrogens is 249 g/mol. The van der Waals surface area contributed by atoms with Crippen LogP contribution >= 0.6 is 0 Å². The molecule has 1 N–H and O–H groups in total. The normalized spacial score (nSPS) is 26.2. The van der Waals surface area contributed by atoms with Gasteiger partial charge in [0.25, 0.3) is 0 Å². The van der Waals surface area contributed by atoms with Crippen LogP contribution in [-0.2, 0) is 9.53 Å². The monoisotopic (exact) mass is 267 g/mol. The van der Waals surface area contributed by atoms with Gasteiger partial charge in [-0.15, -0.1) is 0 Å². The number of benzene rings is 1. The van der Waals surface area contributed by atoms with Crippen LogP contribution in [0.4, 0.5) is 4.39 Å². The average molecular weight is 267 g/mol. The molecule has 0 radical (unpaired) electrons. The Balaban J connectivity index is 2.01. The Bertz CT molecular complexity index is 449. The first-order valence-corrected chi connectivity index (χ1v) is 6.29. The Labute approximate surface area is 111 Å². The predicted molar refractivity (Wildman–Crippen MR) is 68.5 cm³/mol. The third-order valence-electron chi connectivity index (χ3n) is 3.64. The number of halogens is 1. The maximum absolute atomic E-state index is 12.8. The van der Waals surface area contributed by atoms with E-state index in [0.29, 0.717) is 18.6 Å². The highest BCUT2D eigenvalue weighted by Gasteiger charge is 2.46. The molecule has 1 saturated carbocycles. The van der Waals surface area contributed by atoms with Crippen molar-refractivity contribution in [2.75, 3.05) is 14.2 Å². The number of ether oxygens (including phenoxy) is 2. The van der Waals surface area contributed by atoms with E-state index < -0.39 is 5.54 Å². The molecule has 2 atom stereocenters. The Kier molecular flexibility index (Phi) is 4.04. The van der Waals surface area contributed by atoms with Crippen LogP contribution in [0.15, 0.2) is 24.3 Å². The summed E-state index contributed by atoms with van der Waals surface area (Å²) >= 11 is 0. The number of hydrogen-bond acceptors (Lipinski definition) is 4. The van der Waals surface area contributed by atoms with E-state index in [2.05, 4.69) is 5.32 Å². The van der Waals surface area contributed by atoms with Crippen LogP contribution in [0.2, 0.25) is 0 Å². The molecule has 2 unspecified atom stereocenters. The van der Waals surface area contributed by atoms with Gasteiger partial charge in [-0.2, -0.15) is 0 Å². The smallest absolute Gasteiger partial charge is 0.326 e. The number of methoxy groups -OCH3 is 1. The summed E-state index contributed by atoms with van der Waals surface area (Å²) < 4.78 is 23.4. The lowest BCUT2D eigenvalue weighted by Crippen LogP contribution is -2.49. The highest BCUT2D eigenvalue weighted by molar-refractivity contribution is 5.81. The van der Waals surface area contributed by atoms with Crippen LogP contribution in [0.25, 0.3) is 0 Å². The lowest BCUT2D eigenvalue weighted by molar-refractivity contribution is -0.148. The van der Waals surface area contributed by atoms with Gasteiger partial charge in [0.15, 0.2) is 0 Å². The van der Waals surface area contributed by atoms with Gasteiger partial charge in [-0.25, -0.2) is 4.39 Å². The largest absolute Gasteiger partial charge is 0.490 e. The van der Waals surface area contributed by atoms with Crippen LogP contribution in [-0.4, -0.2) is 31.8 Å². The Hall–Kier alpha value is -1.62. The zero-order valence-corrected chi connectivity index (χ0v) is 11.1. The molecule has 104 valence electrons. The van der Waals surface area contributed by atoms with E-state index in [9.17, 15) is 9.18 Å². The molecule has 4 nitrogen and oxygen atoms in total. The molecule has 0 amide bonds. The number of rotatable bonds is 4. The van der Waals surface area contributed by atoms with E-state index in [0.717, 1.165) is 6.42 Å². The standard InChI is InChI=1S/C14H18FNO3/c1-16-14(13(17)18-2)8-7-12(9-14)19-11-5-3-10(15)4-6-11/h3-6,12,16H,7-9H2,1-2H3. The first-order valence-electron chi connectivity index (χ1n) is 6.29. The maximum atomic E-state index is 12.8. The molecule has 2 rings (SSSR count). The molecule has 0 aliphatic heterocycles. The summed E-state index contributed by atoms with van der Waals surface area (Å²) in [7, 11) is 3.13. The quantitative estimate of drug-likeness (QED) is 0.846. The van der Waals surface area contributed by atoms with Crippen molar-refractivity contribution in [3.8, 4) is 5.75 Å². The van der Waals surface area contributed by atoms with Crippen molar-refractivity contribution in [3.05, 3.63) is 30.1 Å². The maximum Gasteiger partial charge on any atom is 0.326 e. The third-order valence-corrected chi connectivity index (χ3v) is 3.64. The van der Waals surface area contributed by atoms with Crippen LogP contribution in [0.5, 0.6) is 5.75 Å². The van der Waals surface area contributed by atoms with Gasteiger partial charge in [-0.05, 0) is 44.2 Å². The van der Waals surface area contributed by atoms with Crippen molar-refractivity contribution >= 4 is 5.97 Å². The lowest BCUT2D eigenvalue weighted by atomic mass is 9.98. The molecule has 0 saturated heterocycles. The average Bonchev–Trinajstić information content (AvgIpc) is 2.85. The van der Waals surface area contributed by atoms with Gasteiger partial charge in [0.05, 0.1) is 7.11 Å². The molecular formula is C14H18FNO3. The van der Waals surface area contributed by atoms with E-state index in [4.69, 9.17) is 9.47 Å². The molecule has 1 aromatic carbocycles. The second-order valence-electron chi connectivity index (χ2n) is 4.76. The molecule has 19 heavy (non-hydrogen) atoms. The van der Waals surface area contributed by atoms with Crippen LogP contribution in [0, 0.1) is 5.82 Å². The zero-order valence-electron chi connectivity index (χ0n) is 11.1. The van der Waals surface area contributed by atoms with Crippen LogP contribution in [0.1, 0.15) is 19.3 Å². The molecule has 1 aliphatic carbocycles. The van der Waals surface area contributed by atoms with E-state index in [-0.39, 0.29) is 17.9 Å². The first kappa shape index (κ1) is 13.8. The number of hydrogen-bond donors (Lipinski definition) is 1. The molecule has 0 bridgehead atoms. The summed E-state index contributed by atoms with van der Waals surface area (Å²) in [5, 5.41) is 3.04. The number of esters is 1. The van der Waals surface area contributed by atoms with Gasteiger partial charge in [0.1, 0.15) is 23.2 Å². The summed E-state index contributed by atoms with van der Waals surface area (Å²) in [6.45, 7) is 0. The highest BCUT2D eigenvalue weighted by Crippen LogP contribution is 2.33. The molecule has 1 fully saturated rings. The van der Waals surface area contributed by atoms with Crippen LogP contribution < -0.4 is 10.1 Å². The fourth-order valence-corrected chi connectivity index (χ4v) is 2.52. The minimum atomic E-state index is -0.667. The summed E-state index contributed by atoms with van der Waals surface area (Å²) in [5.41, 5.74) is -0.667. The summed E-state index contributed by atoms with van der Waals surface area (Å²) in [5.74, 6) is 0.0567. The number of likely N-dealkylation sites (N-methyl/N-ethyl adjacent to an activating group) is 1. The minimum Gasteiger partial charge on any atom is -0.490 e. The second-order valence-corrected chi connectivity index (χ2v) is 4.76. The zero-order chi connectivity index (χ0) is 13.9. The van der Waals surface area contributed by atoms with E-state index in [1.165, 1.54) is 19.2 Å². The van der Waals surface area contributed by atoms with Crippen molar-refractivity contribution in [2.45, 2.75) is 30.9 Å². The predicted octanol–water partition coefficient (Wildman–Crippen LogP) is 1.89.